The van der Waals surface area contributed by atoms with Crippen molar-refractivity contribution in [2.75, 3.05) is 26.3 Å². The number of likely N-dealkylation sites (tertiary alicyclic amines) is 1. The second-order valence-electron chi connectivity index (χ2n) is 7.15. The van der Waals surface area contributed by atoms with Gasteiger partial charge in [-0.2, -0.15) is 0 Å². The molecule has 0 radical (unpaired) electrons. The quantitative estimate of drug-likeness (QED) is 0.861. The first-order valence-corrected chi connectivity index (χ1v) is 9.61. The van der Waals surface area contributed by atoms with E-state index in [9.17, 15) is 9.90 Å². The Labute approximate surface area is 150 Å². The van der Waals surface area contributed by atoms with Crippen LogP contribution in [0.15, 0.2) is 30.3 Å². The van der Waals surface area contributed by atoms with Gasteiger partial charge in [0.2, 0.25) is 0 Å². The van der Waals surface area contributed by atoms with E-state index in [2.05, 4.69) is 17.4 Å². The Hall–Kier alpha value is -1.59. The summed E-state index contributed by atoms with van der Waals surface area (Å²) in [4.78, 5) is 14.6. The topological polar surface area (TPSA) is 61.8 Å². The predicted molar refractivity (Wildman–Crippen MR) is 97.3 cm³/mol. The molecule has 0 aliphatic carbocycles. The minimum absolute atomic E-state index is 0.00975. The van der Waals surface area contributed by atoms with Crippen molar-refractivity contribution >= 4 is 6.03 Å². The molecular formula is C20H30N2O3. The molecule has 0 saturated carbocycles. The van der Waals surface area contributed by atoms with Gasteiger partial charge in [0.25, 0.3) is 0 Å². The lowest BCUT2D eigenvalue weighted by molar-refractivity contribution is -0.0273. The maximum Gasteiger partial charge on any atom is 0.317 e. The van der Waals surface area contributed by atoms with Crippen LogP contribution in [0.5, 0.6) is 0 Å². The number of urea groups is 1. The molecule has 2 N–H and O–H groups in total. The summed E-state index contributed by atoms with van der Waals surface area (Å²) in [6.45, 7) is 2.36. The van der Waals surface area contributed by atoms with Crippen LogP contribution in [0.2, 0.25) is 0 Å². The molecule has 138 valence electrons. The number of piperidine rings is 1. The van der Waals surface area contributed by atoms with Crippen LogP contribution in [-0.4, -0.2) is 48.4 Å². The van der Waals surface area contributed by atoms with Crippen molar-refractivity contribution in [3.63, 3.8) is 0 Å². The first kappa shape index (κ1) is 18.2. The van der Waals surface area contributed by atoms with Gasteiger partial charge in [0.05, 0.1) is 6.10 Å². The largest absolute Gasteiger partial charge is 0.396 e. The Morgan fingerprint density at radius 2 is 2.04 bits per heavy atom. The lowest BCUT2D eigenvalue weighted by atomic mass is 9.89. The summed E-state index contributed by atoms with van der Waals surface area (Å²) in [6, 6.07) is 10.5. The molecule has 2 aliphatic rings. The Kier molecular flexibility index (Phi) is 6.70. The summed E-state index contributed by atoms with van der Waals surface area (Å²) < 4.78 is 6.02. The summed E-state index contributed by atoms with van der Waals surface area (Å²) in [5.41, 5.74) is 1.19. The number of carbonyl (C=O) groups is 1. The zero-order chi connectivity index (χ0) is 17.5. The van der Waals surface area contributed by atoms with E-state index in [1.165, 1.54) is 5.56 Å². The molecule has 25 heavy (non-hydrogen) atoms. The normalized spacial score (nSPS) is 27.1. The van der Waals surface area contributed by atoms with E-state index in [0.29, 0.717) is 18.9 Å². The second-order valence-corrected chi connectivity index (χ2v) is 7.15. The van der Waals surface area contributed by atoms with E-state index < -0.39 is 0 Å². The van der Waals surface area contributed by atoms with Crippen molar-refractivity contribution in [2.24, 2.45) is 5.92 Å². The van der Waals surface area contributed by atoms with E-state index in [0.717, 1.165) is 45.3 Å². The minimum Gasteiger partial charge on any atom is -0.396 e. The van der Waals surface area contributed by atoms with Crippen LogP contribution in [0.3, 0.4) is 0 Å². The van der Waals surface area contributed by atoms with Crippen LogP contribution in [0.1, 0.15) is 50.2 Å². The molecule has 2 fully saturated rings. The van der Waals surface area contributed by atoms with Gasteiger partial charge in [-0.3, -0.25) is 0 Å². The van der Waals surface area contributed by atoms with Gasteiger partial charge in [0.15, 0.2) is 0 Å². The molecule has 2 heterocycles. The Morgan fingerprint density at radius 3 is 2.84 bits per heavy atom. The van der Waals surface area contributed by atoms with E-state index in [-0.39, 0.29) is 24.8 Å². The fourth-order valence-corrected chi connectivity index (χ4v) is 4.10. The predicted octanol–water partition coefficient (Wildman–Crippen LogP) is 3.10. The molecule has 0 bridgehead atoms. The number of hydrogen-bond acceptors (Lipinski definition) is 3. The van der Waals surface area contributed by atoms with E-state index >= 15 is 0 Å². The summed E-state index contributed by atoms with van der Waals surface area (Å²) in [5.74, 6) is 0.307. The van der Waals surface area contributed by atoms with Crippen molar-refractivity contribution in [2.45, 2.75) is 50.7 Å². The number of benzene rings is 1. The van der Waals surface area contributed by atoms with Gasteiger partial charge in [0, 0.05) is 38.3 Å². The number of aliphatic hydroxyl groups excluding tert-OH is 1. The minimum atomic E-state index is 0.00975. The molecule has 0 spiro atoms. The molecule has 1 aromatic carbocycles. The number of rotatable bonds is 5. The Bertz CT molecular complexity index is 535. The number of amides is 2. The highest BCUT2D eigenvalue weighted by Crippen LogP contribution is 2.33. The summed E-state index contributed by atoms with van der Waals surface area (Å²) in [7, 11) is 0. The maximum atomic E-state index is 12.7. The van der Waals surface area contributed by atoms with Gasteiger partial charge in [0.1, 0.15) is 0 Å². The number of aliphatic hydroxyl groups is 1. The highest BCUT2D eigenvalue weighted by molar-refractivity contribution is 5.74. The molecule has 2 saturated heterocycles. The SMILES string of the molecule is O=C(NCC1CCCOC1c1ccccc1)N1CCCCC1CCO. The number of hydrogen-bond donors (Lipinski definition) is 2. The zero-order valence-corrected chi connectivity index (χ0v) is 14.9. The lowest BCUT2D eigenvalue weighted by Crippen LogP contribution is -2.50. The van der Waals surface area contributed by atoms with Crippen molar-refractivity contribution in [1.29, 1.82) is 0 Å². The summed E-state index contributed by atoms with van der Waals surface area (Å²) in [6.07, 6.45) is 6.03. The third-order valence-electron chi connectivity index (χ3n) is 5.44. The fraction of sp³-hybridized carbons (Fsp3) is 0.650. The average Bonchev–Trinajstić information content (AvgIpc) is 2.68. The monoisotopic (exact) mass is 346 g/mol. The molecule has 3 atom stereocenters. The van der Waals surface area contributed by atoms with Gasteiger partial charge >= 0.3 is 6.03 Å². The highest BCUT2D eigenvalue weighted by atomic mass is 16.5. The van der Waals surface area contributed by atoms with Gasteiger partial charge in [-0.15, -0.1) is 0 Å². The fourth-order valence-electron chi connectivity index (χ4n) is 4.10. The molecule has 3 unspecified atom stereocenters. The van der Waals surface area contributed by atoms with Crippen molar-refractivity contribution < 1.29 is 14.6 Å². The van der Waals surface area contributed by atoms with Crippen LogP contribution >= 0.6 is 0 Å². The number of nitrogens with one attached hydrogen (secondary N) is 1. The molecule has 2 amide bonds. The number of ether oxygens (including phenoxy) is 1. The average molecular weight is 346 g/mol. The van der Waals surface area contributed by atoms with Crippen molar-refractivity contribution in [3.05, 3.63) is 35.9 Å². The van der Waals surface area contributed by atoms with Crippen molar-refractivity contribution in [3.8, 4) is 0 Å². The van der Waals surface area contributed by atoms with Gasteiger partial charge < -0.3 is 20.1 Å². The Balaban J connectivity index is 1.58. The molecule has 1 aromatic rings. The Morgan fingerprint density at radius 1 is 1.20 bits per heavy atom. The van der Waals surface area contributed by atoms with Gasteiger partial charge in [-0.25, -0.2) is 4.79 Å². The highest BCUT2D eigenvalue weighted by Gasteiger charge is 2.30. The standard InChI is InChI=1S/C20H30N2O3/c23-13-11-18-10-4-5-12-22(18)20(24)21-15-17-9-6-14-25-19(17)16-7-2-1-3-8-16/h1-3,7-8,17-19,23H,4-6,9-15H2,(H,21,24). The summed E-state index contributed by atoms with van der Waals surface area (Å²) >= 11 is 0. The van der Waals surface area contributed by atoms with Crippen LogP contribution in [-0.2, 0) is 4.74 Å². The first-order valence-electron chi connectivity index (χ1n) is 9.61. The lowest BCUT2D eigenvalue weighted by Gasteiger charge is -2.37. The molecule has 0 aromatic heterocycles. The van der Waals surface area contributed by atoms with Crippen LogP contribution in [0.4, 0.5) is 4.79 Å². The number of nitrogens with zero attached hydrogens (tertiary/aromatic N) is 1. The van der Waals surface area contributed by atoms with Crippen LogP contribution < -0.4 is 5.32 Å². The molecular weight excluding hydrogens is 316 g/mol. The molecule has 5 heteroatoms. The zero-order valence-electron chi connectivity index (χ0n) is 14.9. The van der Waals surface area contributed by atoms with E-state index in [1.807, 2.05) is 23.1 Å². The molecule has 2 aliphatic heterocycles. The van der Waals surface area contributed by atoms with Gasteiger partial charge in [-0.05, 0) is 44.1 Å². The third-order valence-corrected chi connectivity index (χ3v) is 5.44. The number of carbonyl (C=O) groups excluding carboxylic acids is 1. The van der Waals surface area contributed by atoms with Crippen LogP contribution in [0, 0.1) is 5.92 Å². The first-order chi connectivity index (χ1) is 12.3. The molecule has 5 nitrogen and oxygen atoms in total. The smallest absolute Gasteiger partial charge is 0.317 e. The van der Waals surface area contributed by atoms with Gasteiger partial charge in [-0.1, -0.05) is 30.3 Å². The van der Waals surface area contributed by atoms with E-state index in [1.54, 1.807) is 0 Å². The van der Waals surface area contributed by atoms with E-state index in [4.69, 9.17) is 4.74 Å². The third kappa shape index (κ3) is 4.73. The maximum absolute atomic E-state index is 12.7. The molecule has 3 rings (SSSR count). The second kappa shape index (κ2) is 9.20. The van der Waals surface area contributed by atoms with Crippen molar-refractivity contribution in [1.82, 2.24) is 10.2 Å². The van der Waals surface area contributed by atoms with Crippen LogP contribution in [0.25, 0.3) is 0 Å². The summed E-state index contributed by atoms with van der Waals surface area (Å²) in [5, 5.41) is 12.4.